The molecule has 2 aliphatic rings. The summed E-state index contributed by atoms with van der Waals surface area (Å²) in [6.45, 7) is 3.22. The zero-order valence-electron chi connectivity index (χ0n) is 19.4. The van der Waals surface area contributed by atoms with Crippen molar-refractivity contribution in [3.63, 3.8) is 0 Å². The van der Waals surface area contributed by atoms with Crippen molar-refractivity contribution in [2.75, 3.05) is 62.0 Å². The number of carbonyl (C=O) groups excluding carboxylic acids is 3. The van der Waals surface area contributed by atoms with Crippen molar-refractivity contribution in [2.24, 2.45) is 5.73 Å². The Morgan fingerprint density at radius 2 is 1.68 bits per heavy atom. The van der Waals surface area contributed by atoms with Crippen molar-refractivity contribution in [1.29, 1.82) is 0 Å². The smallest absolute Gasteiger partial charge is 0.251 e. The molecule has 4 rings (SSSR count). The molecule has 10 heteroatoms. The minimum Gasteiger partial charge on any atom is -0.378 e. The Balaban J connectivity index is 1.27. The van der Waals surface area contributed by atoms with Crippen LogP contribution >= 0.6 is 11.3 Å². The molecule has 0 radical (unpaired) electrons. The number of likely N-dealkylation sites (N-methyl/N-ethyl adjacent to an activating group) is 1. The highest BCUT2D eigenvalue weighted by molar-refractivity contribution is 7.17. The summed E-state index contributed by atoms with van der Waals surface area (Å²) in [5, 5.41) is 6.22. The molecule has 0 bridgehead atoms. The second-order valence-electron chi connectivity index (χ2n) is 8.69. The number of benzene rings is 1. The Bertz CT molecular complexity index is 1050. The highest BCUT2D eigenvalue weighted by atomic mass is 32.1. The largest absolute Gasteiger partial charge is 0.378 e. The molecular formula is C24H31N5O4S. The third kappa shape index (κ3) is 5.94. The van der Waals surface area contributed by atoms with Crippen molar-refractivity contribution in [2.45, 2.75) is 25.7 Å². The first-order valence-corrected chi connectivity index (χ1v) is 12.4. The summed E-state index contributed by atoms with van der Waals surface area (Å²) in [5.41, 5.74) is 8.81. The fourth-order valence-corrected chi connectivity index (χ4v) is 5.72. The van der Waals surface area contributed by atoms with Gasteiger partial charge in [-0.05, 0) is 62.6 Å². The van der Waals surface area contributed by atoms with Crippen LogP contribution < -0.4 is 21.3 Å². The fourth-order valence-electron chi connectivity index (χ4n) is 4.40. The van der Waals surface area contributed by atoms with E-state index in [2.05, 4.69) is 15.5 Å². The maximum atomic E-state index is 12.6. The first-order valence-electron chi connectivity index (χ1n) is 11.6. The molecule has 1 aliphatic heterocycles. The van der Waals surface area contributed by atoms with Crippen molar-refractivity contribution < 1.29 is 19.1 Å². The second-order valence-corrected chi connectivity index (χ2v) is 9.80. The molecule has 0 unspecified atom stereocenters. The van der Waals surface area contributed by atoms with E-state index in [9.17, 15) is 14.4 Å². The number of morpholine rings is 1. The Morgan fingerprint density at radius 3 is 2.35 bits per heavy atom. The highest BCUT2D eigenvalue weighted by Crippen LogP contribution is 2.37. The van der Waals surface area contributed by atoms with Crippen LogP contribution in [0.25, 0.3) is 0 Å². The monoisotopic (exact) mass is 485 g/mol. The molecule has 9 nitrogen and oxygen atoms in total. The van der Waals surface area contributed by atoms with E-state index in [4.69, 9.17) is 10.5 Å². The molecule has 1 aliphatic carbocycles. The average molecular weight is 486 g/mol. The molecule has 0 saturated carbocycles. The lowest BCUT2D eigenvalue weighted by atomic mass is 9.95. The van der Waals surface area contributed by atoms with Crippen molar-refractivity contribution in [3.05, 3.63) is 40.3 Å². The van der Waals surface area contributed by atoms with E-state index in [0.717, 1.165) is 68.1 Å². The van der Waals surface area contributed by atoms with Crippen molar-refractivity contribution >= 4 is 45.4 Å². The minimum atomic E-state index is -0.512. The number of hydrogen-bond acceptors (Lipinski definition) is 7. The summed E-state index contributed by atoms with van der Waals surface area (Å²) >= 11 is 1.43. The summed E-state index contributed by atoms with van der Waals surface area (Å²) in [6, 6.07) is 7.71. The van der Waals surface area contributed by atoms with Gasteiger partial charge in [0.2, 0.25) is 11.8 Å². The summed E-state index contributed by atoms with van der Waals surface area (Å²) in [5.74, 6) is -1.01. The fraction of sp³-hybridized carbons (Fsp3) is 0.458. The summed E-state index contributed by atoms with van der Waals surface area (Å²) in [6.07, 6.45) is 3.81. The number of carbonyl (C=O) groups is 3. The topological polar surface area (TPSA) is 117 Å². The summed E-state index contributed by atoms with van der Waals surface area (Å²) in [7, 11) is 1.70. The standard InChI is InChI=1S/C24H31N5O4S/c1-28(14-20(30)26-16-6-8-17(9-7-16)29-10-12-33-13-11-29)15-21(31)27-24-22(23(25)32)18-4-2-3-5-19(18)34-24/h6-9H,2-5,10-15H2,1H3,(H2,25,32)(H,26,30)(H,27,31). The molecule has 34 heavy (non-hydrogen) atoms. The van der Waals surface area contributed by atoms with E-state index in [0.29, 0.717) is 16.3 Å². The molecule has 0 spiro atoms. The lowest BCUT2D eigenvalue weighted by Gasteiger charge is -2.28. The zero-order valence-corrected chi connectivity index (χ0v) is 20.2. The van der Waals surface area contributed by atoms with Crippen LogP contribution in [0.15, 0.2) is 24.3 Å². The quantitative estimate of drug-likeness (QED) is 0.527. The third-order valence-electron chi connectivity index (χ3n) is 6.02. The molecular weight excluding hydrogens is 454 g/mol. The first kappa shape index (κ1) is 24.2. The van der Waals surface area contributed by atoms with Gasteiger partial charge in [0.1, 0.15) is 5.00 Å². The Labute approximate surface area is 203 Å². The van der Waals surface area contributed by atoms with Crippen LogP contribution in [0.4, 0.5) is 16.4 Å². The molecule has 4 N–H and O–H groups in total. The summed E-state index contributed by atoms with van der Waals surface area (Å²) in [4.78, 5) is 42.0. The lowest BCUT2D eigenvalue weighted by molar-refractivity contribution is -0.119. The van der Waals surface area contributed by atoms with Gasteiger partial charge in [0.15, 0.2) is 0 Å². The van der Waals surface area contributed by atoms with Gasteiger partial charge in [-0.25, -0.2) is 0 Å². The number of ether oxygens (including phenoxy) is 1. The van der Waals surface area contributed by atoms with Gasteiger partial charge in [-0.15, -0.1) is 11.3 Å². The summed E-state index contributed by atoms with van der Waals surface area (Å²) < 4.78 is 5.38. The number of nitrogens with zero attached hydrogens (tertiary/aromatic N) is 2. The van der Waals surface area contributed by atoms with E-state index in [1.54, 1.807) is 11.9 Å². The number of primary amides is 1. The third-order valence-corrected chi connectivity index (χ3v) is 7.23. The molecule has 182 valence electrons. The maximum absolute atomic E-state index is 12.6. The van der Waals surface area contributed by atoms with Crippen LogP contribution in [0.3, 0.4) is 0 Å². The van der Waals surface area contributed by atoms with Gasteiger partial charge >= 0.3 is 0 Å². The number of fused-ring (bicyclic) bond motifs is 1. The van der Waals surface area contributed by atoms with Gasteiger partial charge < -0.3 is 26.0 Å². The first-order chi connectivity index (χ1) is 16.4. The highest BCUT2D eigenvalue weighted by Gasteiger charge is 2.25. The van der Waals surface area contributed by atoms with Crippen molar-refractivity contribution in [1.82, 2.24) is 4.90 Å². The number of anilines is 3. The SMILES string of the molecule is CN(CC(=O)Nc1ccc(N2CCOCC2)cc1)CC(=O)Nc1sc2c(c1C(N)=O)CCCC2. The average Bonchev–Trinajstić information content (AvgIpc) is 3.17. The predicted molar refractivity (Wildman–Crippen MR) is 134 cm³/mol. The van der Waals surface area contributed by atoms with E-state index in [1.807, 2.05) is 24.3 Å². The number of aryl methyl sites for hydroxylation is 1. The predicted octanol–water partition coefficient (Wildman–Crippen LogP) is 2.07. The molecule has 0 atom stereocenters. The number of nitrogens with two attached hydrogens (primary N) is 1. The number of hydrogen-bond donors (Lipinski definition) is 3. The lowest BCUT2D eigenvalue weighted by Crippen LogP contribution is -2.36. The Hall–Kier alpha value is -2.95. The molecule has 1 aromatic carbocycles. The second kappa shape index (κ2) is 11.0. The van der Waals surface area contributed by atoms with Gasteiger partial charge in [0, 0.05) is 29.3 Å². The number of thiophene rings is 1. The molecule has 1 fully saturated rings. The molecule has 3 amide bonds. The van der Waals surface area contributed by atoms with Gasteiger partial charge in [-0.2, -0.15) is 0 Å². The van der Waals surface area contributed by atoms with Gasteiger partial charge in [-0.1, -0.05) is 0 Å². The number of amides is 3. The molecule has 2 aromatic rings. The van der Waals surface area contributed by atoms with E-state index in [1.165, 1.54) is 11.3 Å². The molecule has 1 saturated heterocycles. The van der Waals surface area contributed by atoms with E-state index in [-0.39, 0.29) is 24.9 Å². The minimum absolute atomic E-state index is 0.0180. The number of nitrogens with one attached hydrogen (secondary N) is 2. The Kier molecular flexibility index (Phi) is 7.81. The van der Waals surface area contributed by atoms with Crippen molar-refractivity contribution in [3.8, 4) is 0 Å². The van der Waals surface area contributed by atoms with Crippen LogP contribution in [0.1, 0.15) is 33.6 Å². The van der Waals surface area contributed by atoms with E-state index < -0.39 is 5.91 Å². The molecule has 2 heterocycles. The van der Waals surface area contributed by atoms with Crippen LogP contribution in [0.5, 0.6) is 0 Å². The van der Waals surface area contributed by atoms with Gasteiger partial charge in [0.05, 0.1) is 31.9 Å². The van der Waals surface area contributed by atoms with Crippen LogP contribution in [-0.2, 0) is 27.2 Å². The van der Waals surface area contributed by atoms with Crippen LogP contribution in [-0.4, -0.2) is 69.1 Å². The van der Waals surface area contributed by atoms with Gasteiger partial charge in [-0.3, -0.25) is 19.3 Å². The normalized spacial score (nSPS) is 15.6. The number of rotatable bonds is 8. The van der Waals surface area contributed by atoms with E-state index >= 15 is 0 Å². The maximum Gasteiger partial charge on any atom is 0.251 e. The Morgan fingerprint density at radius 1 is 1.03 bits per heavy atom. The molecule has 1 aromatic heterocycles. The van der Waals surface area contributed by atoms with Crippen LogP contribution in [0.2, 0.25) is 0 Å². The van der Waals surface area contributed by atoms with Crippen LogP contribution in [0, 0.1) is 0 Å². The zero-order chi connectivity index (χ0) is 24.1. The van der Waals surface area contributed by atoms with Gasteiger partial charge in [0.25, 0.3) is 5.91 Å².